The van der Waals surface area contributed by atoms with Crippen molar-refractivity contribution in [1.82, 2.24) is 5.32 Å². The van der Waals surface area contributed by atoms with Crippen LogP contribution in [0.1, 0.15) is 16.0 Å². The van der Waals surface area contributed by atoms with Crippen molar-refractivity contribution in [2.45, 2.75) is 19.9 Å². The highest BCUT2D eigenvalue weighted by atomic mass is 32.1. The highest BCUT2D eigenvalue weighted by molar-refractivity contribution is 7.10. The third kappa shape index (κ3) is 2.70. The van der Waals surface area contributed by atoms with E-state index >= 15 is 0 Å². The van der Waals surface area contributed by atoms with Crippen molar-refractivity contribution in [2.75, 3.05) is 6.61 Å². The van der Waals surface area contributed by atoms with E-state index < -0.39 is 0 Å². The number of amides is 1. The molecule has 1 atom stereocenters. The lowest BCUT2D eigenvalue weighted by atomic mass is 9.96. The Hall–Kier alpha value is -1.81. The molecule has 0 radical (unpaired) electrons. The molecule has 1 amide bonds. The number of para-hydroxylation sites is 1. The molecule has 0 saturated carbocycles. The van der Waals surface area contributed by atoms with Crippen molar-refractivity contribution >= 4 is 17.2 Å². The minimum atomic E-state index is -0.0924. The lowest BCUT2D eigenvalue weighted by Gasteiger charge is -2.24. The van der Waals surface area contributed by atoms with E-state index in [1.165, 1.54) is 10.4 Å². The number of rotatable bonds is 3. The number of carbonyl (C=O) groups excluding carboxylic acids is 1. The Morgan fingerprint density at radius 3 is 3.05 bits per heavy atom. The summed E-state index contributed by atoms with van der Waals surface area (Å²) in [6, 6.07) is 10.00. The van der Waals surface area contributed by atoms with Crippen LogP contribution in [0.3, 0.4) is 0 Å². The molecule has 2 aromatic rings. The minimum absolute atomic E-state index is 0.0762. The maximum Gasteiger partial charge on any atom is 0.227 e. The van der Waals surface area contributed by atoms with Crippen molar-refractivity contribution in [3.63, 3.8) is 0 Å². The fraction of sp³-hybridized carbons (Fsp3) is 0.312. The summed E-state index contributed by atoms with van der Waals surface area (Å²) in [5, 5.41) is 5.07. The average Bonchev–Trinajstić information content (AvgIpc) is 2.89. The number of carbonyl (C=O) groups is 1. The summed E-state index contributed by atoms with van der Waals surface area (Å²) in [4.78, 5) is 13.4. The Bertz CT molecular complexity index is 620. The zero-order valence-corrected chi connectivity index (χ0v) is 12.2. The average molecular weight is 287 g/mol. The first-order valence-corrected chi connectivity index (χ1v) is 7.63. The fourth-order valence-corrected chi connectivity index (χ4v) is 3.24. The standard InChI is InChI=1S/C16H17NO2S/c1-11-6-7-20-15(11)9-17-16(18)13-8-12-4-2-3-5-14(12)19-10-13/h2-7,13H,8-10H2,1H3,(H,17,18)/t13-/m0/s1. The number of aryl methyl sites for hydroxylation is 1. The number of hydrogen-bond acceptors (Lipinski definition) is 3. The molecule has 1 aliphatic heterocycles. The third-order valence-corrected chi connectivity index (χ3v) is 4.66. The van der Waals surface area contributed by atoms with E-state index in [1.54, 1.807) is 11.3 Å². The first kappa shape index (κ1) is 13.2. The highest BCUT2D eigenvalue weighted by Gasteiger charge is 2.25. The largest absolute Gasteiger partial charge is 0.492 e. The predicted molar refractivity (Wildman–Crippen MR) is 80.0 cm³/mol. The molecule has 0 saturated heterocycles. The molecule has 0 unspecified atom stereocenters. The van der Waals surface area contributed by atoms with Gasteiger partial charge >= 0.3 is 0 Å². The summed E-state index contributed by atoms with van der Waals surface area (Å²) < 4.78 is 5.66. The number of benzene rings is 1. The molecule has 20 heavy (non-hydrogen) atoms. The van der Waals surface area contributed by atoms with Gasteiger partial charge in [-0.2, -0.15) is 0 Å². The van der Waals surface area contributed by atoms with Crippen LogP contribution < -0.4 is 10.1 Å². The summed E-state index contributed by atoms with van der Waals surface area (Å²) in [7, 11) is 0. The minimum Gasteiger partial charge on any atom is -0.492 e. The maximum atomic E-state index is 12.2. The number of hydrogen-bond donors (Lipinski definition) is 1. The molecule has 2 heterocycles. The Labute approximate surface area is 122 Å². The smallest absolute Gasteiger partial charge is 0.227 e. The first-order chi connectivity index (χ1) is 9.74. The van der Waals surface area contributed by atoms with E-state index in [9.17, 15) is 4.79 Å². The molecule has 0 aliphatic carbocycles. The summed E-state index contributed by atoms with van der Waals surface area (Å²) in [5.74, 6) is 0.892. The van der Waals surface area contributed by atoms with Gasteiger partial charge in [-0.25, -0.2) is 0 Å². The van der Waals surface area contributed by atoms with Gasteiger partial charge in [0.25, 0.3) is 0 Å². The van der Waals surface area contributed by atoms with E-state index in [4.69, 9.17) is 4.74 Å². The van der Waals surface area contributed by atoms with Crippen LogP contribution in [0.25, 0.3) is 0 Å². The number of fused-ring (bicyclic) bond motifs is 1. The van der Waals surface area contributed by atoms with Crippen LogP contribution >= 0.6 is 11.3 Å². The fourth-order valence-electron chi connectivity index (χ4n) is 2.39. The van der Waals surface area contributed by atoms with Gasteiger partial charge in [-0.05, 0) is 42.0 Å². The van der Waals surface area contributed by atoms with Gasteiger partial charge in [0, 0.05) is 4.88 Å². The zero-order chi connectivity index (χ0) is 13.9. The number of ether oxygens (including phenoxy) is 1. The topological polar surface area (TPSA) is 38.3 Å². The monoisotopic (exact) mass is 287 g/mol. The van der Waals surface area contributed by atoms with E-state index in [0.717, 1.165) is 17.7 Å². The van der Waals surface area contributed by atoms with Crippen LogP contribution in [-0.2, 0) is 17.8 Å². The quantitative estimate of drug-likeness (QED) is 0.942. The zero-order valence-electron chi connectivity index (χ0n) is 11.4. The van der Waals surface area contributed by atoms with Crippen LogP contribution in [0.4, 0.5) is 0 Å². The maximum absolute atomic E-state index is 12.2. The molecule has 104 valence electrons. The van der Waals surface area contributed by atoms with Gasteiger partial charge in [-0.1, -0.05) is 18.2 Å². The lowest BCUT2D eigenvalue weighted by Crippen LogP contribution is -2.36. The van der Waals surface area contributed by atoms with Gasteiger partial charge in [0.1, 0.15) is 12.4 Å². The van der Waals surface area contributed by atoms with Crippen molar-refractivity contribution in [3.05, 3.63) is 51.7 Å². The Balaban J connectivity index is 1.60. The number of thiophene rings is 1. The van der Waals surface area contributed by atoms with Crippen LogP contribution in [-0.4, -0.2) is 12.5 Å². The molecule has 1 aliphatic rings. The van der Waals surface area contributed by atoms with Crippen LogP contribution in [0, 0.1) is 12.8 Å². The second kappa shape index (κ2) is 5.67. The molecule has 0 fully saturated rings. The van der Waals surface area contributed by atoms with Crippen LogP contribution in [0.5, 0.6) is 5.75 Å². The van der Waals surface area contributed by atoms with E-state index in [-0.39, 0.29) is 11.8 Å². The molecule has 4 heteroatoms. The second-order valence-corrected chi connectivity index (χ2v) is 6.07. The Kier molecular flexibility index (Phi) is 3.74. The van der Waals surface area contributed by atoms with Crippen molar-refractivity contribution in [1.29, 1.82) is 0 Å². The van der Waals surface area contributed by atoms with E-state index in [2.05, 4.69) is 23.7 Å². The molecule has 3 nitrogen and oxygen atoms in total. The van der Waals surface area contributed by atoms with Gasteiger partial charge < -0.3 is 10.1 Å². The Morgan fingerprint density at radius 1 is 1.40 bits per heavy atom. The van der Waals surface area contributed by atoms with E-state index in [1.807, 2.05) is 24.3 Å². The summed E-state index contributed by atoms with van der Waals surface area (Å²) >= 11 is 1.68. The van der Waals surface area contributed by atoms with E-state index in [0.29, 0.717) is 13.2 Å². The Morgan fingerprint density at radius 2 is 2.25 bits per heavy atom. The summed E-state index contributed by atoms with van der Waals surface area (Å²) in [5.41, 5.74) is 2.35. The predicted octanol–water partition coefficient (Wildman–Crippen LogP) is 2.92. The summed E-state index contributed by atoms with van der Waals surface area (Å²) in [6.45, 7) is 3.14. The van der Waals surface area contributed by atoms with Gasteiger partial charge in [0.2, 0.25) is 5.91 Å². The van der Waals surface area contributed by atoms with Crippen molar-refractivity contribution < 1.29 is 9.53 Å². The third-order valence-electron chi connectivity index (χ3n) is 3.64. The van der Waals surface area contributed by atoms with Gasteiger partial charge in [0.05, 0.1) is 12.5 Å². The number of nitrogens with one attached hydrogen (secondary N) is 1. The van der Waals surface area contributed by atoms with Crippen LogP contribution in [0.2, 0.25) is 0 Å². The summed E-state index contributed by atoms with van der Waals surface area (Å²) in [6.07, 6.45) is 0.755. The molecule has 0 bridgehead atoms. The molecule has 1 aromatic carbocycles. The molecular weight excluding hydrogens is 270 g/mol. The molecular formula is C16H17NO2S. The van der Waals surface area contributed by atoms with Crippen LogP contribution in [0.15, 0.2) is 35.7 Å². The molecule has 0 spiro atoms. The molecule has 3 rings (SSSR count). The second-order valence-electron chi connectivity index (χ2n) is 5.06. The van der Waals surface area contributed by atoms with Gasteiger partial charge in [0.15, 0.2) is 0 Å². The highest BCUT2D eigenvalue weighted by Crippen LogP contribution is 2.27. The normalized spacial score (nSPS) is 17.1. The lowest BCUT2D eigenvalue weighted by molar-refractivity contribution is -0.126. The molecule has 1 aromatic heterocycles. The molecule has 1 N–H and O–H groups in total. The van der Waals surface area contributed by atoms with Gasteiger partial charge in [-0.3, -0.25) is 4.79 Å². The van der Waals surface area contributed by atoms with Crippen molar-refractivity contribution in [2.24, 2.45) is 5.92 Å². The first-order valence-electron chi connectivity index (χ1n) is 6.75. The SMILES string of the molecule is Cc1ccsc1CNC(=O)[C@@H]1COc2ccccc2C1. The van der Waals surface area contributed by atoms with Gasteiger partial charge in [-0.15, -0.1) is 11.3 Å². The van der Waals surface area contributed by atoms with Crippen molar-refractivity contribution in [3.8, 4) is 5.75 Å².